The van der Waals surface area contributed by atoms with Crippen molar-refractivity contribution in [2.24, 2.45) is 5.73 Å². The Morgan fingerprint density at radius 2 is 1.06 bits per heavy atom. The van der Waals surface area contributed by atoms with Gasteiger partial charge in [0.1, 0.15) is 0 Å². The molecule has 0 aromatic carbocycles. The first kappa shape index (κ1) is 18.3. The van der Waals surface area contributed by atoms with Crippen LogP contribution in [0.4, 0.5) is 0 Å². The summed E-state index contributed by atoms with van der Waals surface area (Å²) in [6.07, 6.45) is 10.5. The molecule has 100 valence electrons. The van der Waals surface area contributed by atoms with E-state index in [4.69, 9.17) is 10.5 Å². The zero-order valence-corrected chi connectivity index (χ0v) is 11.8. The highest BCUT2D eigenvalue weighted by Crippen LogP contribution is 2.01. The van der Waals surface area contributed by atoms with Gasteiger partial charge in [0.15, 0.2) is 0 Å². The molecule has 0 aliphatic rings. The number of unbranched alkanes of at least 4 members (excludes halogenated alkanes) is 6. The van der Waals surface area contributed by atoms with Crippen molar-refractivity contribution >= 4 is 0 Å². The van der Waals surface area contributed by atoms with Crippen molar-refractivity contribution in [2.75, 3.05) is 19.8 Å². The standard InChI is InChI=1S/C12H26O.C2H7N/c1-3-5-7-9-11-13-12-10-8-6-4-2;1-2-3/h3-12H2,1-2H3;2-3H2,1H3. The SMILES string of the molecule is CCCCCCOCCCCCC.CCN. The molecule has 0 aromatic rings. The Kier molecular flexibility index (Phi) is 23.3. The molecule has 0 unspecified atom stereocenters. The summed E-state index contributed by atoms with van der Waals surface area (Å²) in [4.78, 5) is 0. The largest absolute Gasteiger partial charge is 0.381 e. The van der Waals surface area contributed by atoms with E-state index in [0.717, 1.165) is 19.8 Å². The fourth-order valence-electron chi connectivity index (χ4n) is 1.36. The van der Waals surface area contributed by atoms with Crippen LogP contribution >= 0.6 is 0 Å². The van der Waals surface area contributed by atoms with Crippen LogP contribution in [0.3, 0.4) is 0 Å². The summed E-state index contributed by atoms with van der Waals surface area (Å²) in [6, 6.07) is 0. The lowest BCUT2D eigenvalue weighted by Gasteiger charge is -2.03. The maximum atomic E-state index is 5.53. The van der Waals surface area contributed by atoms with Crippen molar-refractivity contribution in [1.82, 2.24) is 0 Å². The summed E-state index contributed by atoms with van der Waals surface area (Å²) < 4.78 is 5.53. The molecule has 0 saturated heterocycles. The van der Waals surface area contributed by atoms with E-state index >= 15 is 0 Å². The van der Waals surface area contributed by atoms with Crippen LogP contribution in [-0.2, 0) is 4.74 Å². The second-order valence-electron chi connectivity index (χ2n) is 4.14. The summed E-state index contributed by atoms with van der Waals surface area (Å²) in [5, 5.41) is 0. The van der Waals surface area contributed by atoms with Gasteiger partial charge >= 0.3 is 0 Å². The molecule has 0 aliphatic carbocycles. The quantitative estimate of drug-likeness (QED) is 0.574. The topological polar surface area (TPSA) is 35.2 Å². The van der Waals surface area contributed by atoms with Crippen LogP contribution in [0, 0.1) is 0 Å². The highest BCUT2D eigenvalue weighted by molar-refractivity contribution is 4.41. The van der Waals surface area contributed by atoms with Gasteiger partial charge in [0.25, 0.3) is 0 Å². The molecule has 0 atom stereocenters. The maximum Gasteiger partial charge on any atom is 0.0466 e. The summed E-state index contributed by atoms with van der Waals surface area (Å²) in [6.45, 7) is 9.09. The van der Waals surface area contributed by atoms with Crippen molar-refractivity contribution in [3.8, 4) is 0 Å². The van der Waals surface area contributed by atoms with Crippen LogP contribution in [0.15, 0.2) is 0 Å². The van der Waals surface area contributed by atoms with Gasteiger partial charge in [0.05, 0.1) is 0 Å². The van der Waals surface area contributed by atoms with E-state index in [1.54, 1.807) is 0 Å². The summed E-state index contributed by atoms with van der Waals surface area (Å²) in [5.74, 6) is 0. The van der Waals surface area contributed by atoms with E-state index in [1.165, 1.54) is 51.4 Å². The van der Waals surface area contributed by atoms with Crippen LogP contribution < -0.4 is 5.73 Å². The van der Waals surface area contributed by atoms with Gasteiger partial charge in [0.2, 0.25) is 0 Å². The molecule has 0 radical (unpaired) electrons. The molecule has 2 heteroatoms. The number of hydrogen-bond acceptors (Lipinski definition) is 2. The molecule has 0 rings (SSSR count). The van der Waals surface area contributed by atoms with Crippen LogP contribution in [0.2, 0.25) is 0 Å². The molecule has 0 saturated carbocycles. The molecular weight excluding hydrogens is 198 g/mol. The van der Waals surface area contributed by atoms with E-state index in [9.17, 15) is 0 Å². The Hall–Kier alpha value is -0.0800. The number of ether oxygens (including phenoxy) is 1. The first-order valence-electron chi connectivity index (χ1n) is 7.11. The second-order valence-corrected chi connectivity index (χ2v) is 4.14. The lowest BCUT2D eigenvalue weighted by atomic mass is 10.2. The Morgan fingerprint density at radius 3 is 1.38 bits per heavy atom. The van der Waals surface area contributed by atoms with Crippen molar-refractivity contribution < 1.29 is 4.74 Å². The van der Waals surface area contributed by atoms with E-state index in [-0.39, 0.29) is 0 Å². The number of rotatable bonds is 10. The molecule has 2 nitrogen and oxygen atoms in total. The lowest BCUT2D eigenvalue weighted by Crippen LogP contribution is -1.96. The van der Waals surface area contributed by atoms with Gasteiger partial charge in [-0.3, -0.25) is 0 Å². The highest BCUT2D eigenvalue weighted by Gasteiger charge is 1.90. The average Bonchev–Trinajstić information content (AvgIpc) is 2.28. The van der Waals surface area contributed by atoms with Gasteiger partial charge in [-0.2, -0.15) is 0 Å². The molecule has 0 spiro atoms. The van der Waals surface area contributed by atoms with Gasteiger partial charge in [-0.05, 0) is 19.4 Å². The summed E-state index contributed by atoms with van der Waals surface area (Å²) >= 11 is 0. The minimum absolute atomic E-state index is 0.750. The van der Waals surface area contributed by atoms with Crippen LogP contribution in [0.1, 0.15) is 72.1 Å². The zero-order valence-electron chi connectivity index (χ0n) is 11.8. The Balaban J connectivity index is 0. The Labute approximate surface area is 103 Å². The van der Waals surface area contributed by atoms with Crippen LogP contribution in [-0.4, -0.2) is 19.8 Å². The Bertz CT molecular complexity index is 86.7. The minimum Gasteiger partial charge on any atom is -0.381 e. The molecule has 0 heterocycles. The third kappa shape index (κ3) is 23.6. The van der Waals surface area contributed by atoms with E-state index in [2.05, 4.69) is 13.8 Å². The monoisotopic (exact) mass is 231 g/mol. The lowest BCUT2D eigenvalue weighted by molar-refractivity contribution is 0.126. The van der Waals surface area contributed by atoms with Gasteiger partial charge in [0, 0.05) is 13.2 Å². The van der Waals surface area contributed by atoms with Gasteiger partial charge in [-0.25, -0.2) is 0 Å². The molecule has 0 amide bonds. The fraction of sp³-hybridized carbons (Fsp3) is 1.00. The number of hydrogen-bond donors (Lipinski definition) is 1. The van der Waals surface area contributed by atoms with Crippen molar-refractivity contribution in [3.63, 3.8) is 0 Å². The molecule has 2 N–H and O–H groups in total. The third-order valence-corrected chi connectivity index (χ3v) is 2.28. The molecule has 0 bridgehead atoms. The molecule has 0 fully saturated rings. The average molecular weight is 231 g/mol. The molecule has 0 aromatic heterocycles. The first-order chi connectivity index (χ1) is 7.83. The van der Waals surface area contributed by atoms with Crippen molar-refractivity contribution in [2.45, 2.75) is 72.1 Å². The van der Waals surface area contributed by atoms with Gasteiger partial charge < -0.3 is 10.5 Å². The van der Waals surface area contributed by atoms with E-state index < -0.39 is 0 Å². The molecule has 0 aliphatic heterocycles. The predicted molar refractivity (Wildman–Crippen MR) is 73.8 cm³/mol. The molecule has 16 heavy (non-hydrogen) atoms. The van der Waals surface area contributed by atoms with Gasteiger partial charge in [-0.1, -0.05) is 59.3 Å². The van der Waals surface area contributed by atoms with Crippen molar-refractivity contribution in [1.29, 1.82) is 0 Å². The van der Waals surface area contributed by atoms with E-state index in [0.29, 0.717) is 0 Å². The third-order valence-electron chi connectivity index (χ3n) is 2.28. The summed E-state index contributed by atoms with van der Waals surface area (Å²) in [5.41, 5.74) is 4.85. The maximum absolute atomic E-state index is 5.53. The first-order valence-corrected chi connectivity index (χ1v) is 7.11. The van der Waals surface area contributed by atoms with Crippen LogP contribution in [0.5, 0.6) is 0 Å². The smallest absolute Gasteiger partial charge is 0.0466 e. The Morgan fingerprint density at radius 1 is 0.688 bits per heavy atom. The number of nitrogens with two attached hydrogens (primary N) is 1. The predicted octanol–water partition coefficient (Wildman–Crippen LogP) is 4.13. The van der Waals surface area contributed by atoms with E-state index in [1.807, 2.05) is 6.92 Å². The normalized spacial score (nSPS) is 9.75. The fourth-order valence-corrected chi connectivity index (χ4v) is 1.36. The van der Waals surface area contributed by atoms with Crippen LogP contribution in [0.25, 0.3) is 0 Å². The highest BCUT2D eigenvalue weighted by atomic mass is 16.5. The summed E-state index contributed by atoms with van der Waals surface area (Å²) in [7, 11) is 0. The zero-order chi connectivity index (χ0) is 12.5. The van der Waals surface area contributed by atoms with Gasteiger partial charge in [-0.15, -0.1) is 0 Å². The second kappa shape index (κ2) is 20.3. The minimum atomic E-state index is 0.750. The van der Waals surface area contributed by atoms with Crippen molar-refractivity contribution in [3.05, 3.63) is 0 Å². The molecular formula is C14H33NO.